The Balaban J connectivity index is 1.67. The van der Waals surface area contributed by atoms with Gasteiger partial charge in [0.1, 0.15) is 5.82 Å². The highest BCUT2D eigenvalue weighted by molar-refractivity contribution is 7.99. The maximum atomic E-state index is 13.6. The van der Waals surface area contributed by atoms with Crippen LogP contribution < -0.4 is 5.32 Å². The Morgan fingerprint density at radius 1 is 1.47 bits per heavy atom. The van der Waals surface area contributed by atoms with E-state index in [-0.39, 0.29) is 11.4 Å². The molecule has 0 aliphatic carbocycles. The molecular formula is C15H20FNOS. The third-order valence-corrected chi connectivity index (χ3v) is 5.33. The van der Waals surface area contributed by atoms with Crippen molar-refractivity contribution < 1.29 is 9.13 Å². The molecule has 0 saturated carbocycles. The summed E-state index contributed by atoms with van der Waals surface area (Å²) in [6, 6.07) is 5.79. The topological polar surface area (TPSA) is 21.3 Å². The van der Waals surface area contributed by atoms with Crippen LogP contribution in [-0.4, -0.2) is 29.8 Å². The minimum absolute atomic E-state index is 0.0732. The first-order chi connectivity index (χ1) is 9.17. The highest BCUT2D eigenvalue weighted by Crippen LogP contribution is 2.39. The van der Waals surface area contributed by atoms with Crippen molar-refractivity contribution in [3.05, 3.63) is 29.6 Å². The van der Waals surface area contributed by atoms with Crippen LogP contribution in [0.2, 0.25) is 0 Å². The molecule has 1 aromatic carbocycles. The maximum absolute atomic E-state index is 13.6. The van der Waals surface area contributed by atoms with Crippen LogP contribution in [0, 0.1) is 12.7 Å². The van der Waals surface area contributed by atoms with Gasteiger partial charge in [0.2, 0.25) is 0 Å². The number of thioether (sulfide) groups is 1. The van der Waals surface area contributed by atoms with Gasteiger partial charge in [-0.15, -0.1) is 0 Å². The molecule has 2 unspecified atom stereocenters. The van der Waals surface area contributed by atoms with Gasteiger partial charge in [-0.1, -0.05) is 6.07 Å². The summed E-state index contributed by atoms with van der Waals surface area (Å²) in [5.74, 6) is 2.17. The van der Waals surface area contributed by atoms with Crippen LogP contribution in [0.3, 0.4) is 0 Å². The first kappa shape index (κ1) is 13.3. The normalized spacial score (nSPS) is 30.7. The van der Waals surface area contributed by atoms with Crippen molar-refractivity contribution in [2.75, 3.05) is 23.4 Å². The average Bonchev–Trinajstić information content (AvgIpc) is 2.82. The van der Waals surface area contributed by atoms with Gasteiger partial charge in [-0.2, -0.15) is 11.8 Å². The predicted molar refractivity (Wildman–Crippen MR) is 78.4 cm³/mol. The van der Waals surface area contributed by atoms with E-state index in [1.807, 2.05) is 23.9 Å². The number of aryl methyl sites for hydroxylation is 1. The second-order valence-corrected chi connectivity index (χ2v) is 6.74. The van der Waals surface area contributed by atoms with Gasteiger partial charge < -0.3 is 10.1 Å². The lowest BCUT2D eigenvalue weighted by Gasteiger charge is -2.38. The summed E-state index contributed by atoms with van der Waals surface area (Å²) in [5.41, 5.74) is 1.65. The van der Waals surface area contributed by atoms with Gasteiger partial charge in [0.15, 0.2) is 0 Å². The first-order valence-corrected chi connectivity index (χ1v) is 8.07. The number of hydrogen-bond acceptors (Lipinski definition) is 3. The van der Waals surface area contributed by atoms with Gasteiger partial charge in [0, 0.05) is 24.1 Å². The van der Waals surface area contributed by atoms with Crippen LogP contribution in [0.15, 0.2) is 18.2 Å². The second-order valence-electron chi connectivity index (χ2n) is 5.63. The number of benzene rings is 1. The van der Waals surface area contributed by atoms with Gasteiger partial charge in [-0.25, -0.2) is 4.39 Å². The van der Waals surface area contributed by atoms with Crippen molar-refractivity contribution in [2.45, 2.75) is 37.8 Å². The summed E-state index contributed by atoms with van der Waals surface area (Å²) in [6.45, 7) is 2.60. The standard InChI is InChI=1S/C15H20FNOS/c1-11-2-3-12(8-14(11)16)17-13-4-6-18-15(9-13)5-7-19-10-15/h2-3,8,13,17H,4-7,9-10H2,1H3. The summed E-state index contributed by atoms with van der Waals surface area (Å²) in [5, 5.41) is 3.47. The number of nitrogens with one attached hydrogen (secondary N) is 1. The number of halogens is 1. The first-order valence-electron chi connectivity index (χ1n) is 6.91. The lowest BCUT2D eigenvalue weighted by molar-refractivity contribution is -0.0628. The van der Waals surface area contributed by atoms with E-state index in [0.29, 0.717) is 11.6 Å². The van der Waals surface area contributed by atoms with Gasteiger partial charge in [-0.3, -0.25) is 0 Å². The van der Waals surface area contributed by atoms with Gasteiger partial charge in [0.05, 0.1) is 5.60 Å². The smallest absolute Gasteiger partial charge is 0.128 e. The quantitative estimate of drug-likeness (QED) is 0.895. The van der Waals surface area contributed by atoms with Crippen molar-refractivity contribution in [2.24, 2.45) is 0 Å². The fourth-order valence-corrected chi connectivity index (χ4v) is 4.31. The molecule has 0 bridgehead atoms. The van der Waals surface area contributed by atoms with Crippen molar-refractivity contribution in [1.82, 2.24) is 0 Å². The summed E-state index contributed by atoms with van der Waals surface area (Å²) in [7, 11) is 0. The molecule has 0 amide bonds. The Kier molecular flexibility index (Phi) is 3.72. The highest BCUT2D eigenvalue weighted by Gasteiger charge is 2.40. The Bertz CT molecular complexity index is 459. The third kappa shape index (κ3) is 2.90. The largest absolute Gasteiger partial charge is 0.382 e. The lowest BCUT2D eigenvalue weighted by atomic mass is 9.89. The molecule has 1 N–H and O–H groups in total. The van der Waals surface area contributed by atoms with E-state index in [1.165, 1.54) is 5.75 Å². The molecule has 3 rings (SSSR count). The second kappa shape index (κ2) is 5.33. The van der Waals surface area contributed by atoms with Crippen LogP contribution in [0.4, 0.5) is 10.1 Å². The van der Waals surface area contributed by atoms with E-state index in [2.05, 4.69) is 5.32 Å². The molecule has 19 heavy (non-hydrogen) atoms. The van der Waals surface area contributed by atoms with E-state index < -0.39 is 0 Å². The molecule has 1 aromatic rings. The van der Waals surface area contributed by atoms with Crippen molar-refractivity contribution in [3.8, 4) is 0 Å². The molecule has 2 aliphatic heterocycles. The lowest BCUT2D eigenvalue weighted by Crippen LogP contribution is -2.44. The Hall–Kier alpha value is -0.740. The van der Waals surface area contributed by atoms with E-state index in [9.17, 15) is 4.39 Å². The molecule has 4 heteroatoms. The van der Waals surface area contributed by atoms with Gasteiger partial charge >= 0.3 is 0 Å². The zero-order valence-electron chi connectivity index (χ0n) is 11.2. The van der Waals surface area contributed by atoms with Crippen LogP contribution in [0.25, 0.3) is 0 Å². The Labute approximate surface area is 118 Å². The maximum Gasteiger partial charge on any atom is 0.128 e. The molecule has 2 atom stereocenters. The predicted octanol–water partition coefficient (Wildman–Crippen LogP) is 3.60. The molecule has 2 heterocycles. The SMILES string of the molecule is Cc1ccc(NC2CCOC3(CCSC3)C2)cc1F. The minimum Gasteiger partial charge on any atom is -0.382 e. The highest BCUT2D eigenvalue weighted by atomic mass is 32.2. The van der Waals surface area contributed by atoms with Crippen molar-refractivity contribution in [3.63, 3.8) is 0 Å². The molecule has 2 nitrogen and oxygen atoms in total. The van der Waals surface area contributed by atoms with E-state index >= 15 is 0 Å². The molecule has 0 aromatic heterocycles. The third-order valence-electron chi connectivity index (χ3n) is 4.10. The molecule has 0 radical (unpaired) electrons. The van der Waals surface area contributed by atoms with Crippen LogP contribution >= 0.6 is 11.8 Å². The Morgan fingerprint density at radius 2 is 2.37 bits per heavy atom. The summed E-state index contributed by atoms with van der Waals surface area (Å²) >= 11 is 1.98. The molecule has 104 valence electrons. The summed E-state index contributed by atoms with van der Waals surface area (Å²) < 4.78 is 19.6. The number of hydrogen-bond donors (Lipinski definition) is 1. The Morgan fingerprint density at radius 3 is 3.11 bits per heavy atom. The number of ether oxygens (including phenoxy) is 1. The number of rotatable bonds is 2. The monoisotopic (exact) mass is 281 g/mol. The molecular weight excluding hydrogens is 261 g/mol. The molecule has 2 fully saturated rings. The van der Waals surface area contributed by atoms with E-state index in [4.69, 9.17) is 4.74 Å². The van der Waals surface area contributed by atoms with Crippen LogP contribution in [-0.2, 0) is 4.74 Å². The van der Waals surface area contributed by atoms with Gasteiger partial charge in [0.25, 0.3) is 0 Å². The summed E-state index contributed by atoms with van der Waals surface area (Å²) in [4.78, 5) is 0. The fraction of sp³-hybridized carbons (Fsp3) is 0.600. The van der Waals surface area contributed by atoms with Crippen molar-refractivity contribution in [1.29, 1.82) is 0 Å². The molecule has 2 aliphatic rings. The fourth-order valence-electron chi connectivity index (χ4n) is 2.93. The van der Waals surface area contributed by atoms with Gasteiger partial charge in [-0.05, 0) is 49.6 Å². The van der Waals surface area contributed by atoms with E-state index in [1.54, 1.807) is 13.0 Å². The zero-order valence-corrected chi connectivity index (χ0v) is 12.1. The van der Waals surface area contributed by atoms with E-state index in [0.717, 1.165) is 37.3 Å². The number of anilines is 1. The zero-order chi connectivity index (χ0) is 13.3. The summed E-state index contributed by atoms with van der Waals surface area (Å²) in [6.07, 6.45) is 3.19. The van der Waals surface area contributed by atoms with Crippen LogP contribution in [0.5, 0.6) is 0 Å². The minimum atomic E-state index is -0.136. The van der Waals surface area contributed by atoms with Crippen LogP contribution in [0.1, 0.15) is 24.8 Å². The van der Waals surface area contributed by atoms with Crippen molar-refractivity contribution >= 4 is 17.4 Å². The molecule has 1 spiro atoms. The average molecular weight is 281 g/mol. The molecule has 2 saturated heterocycles.